The summed E-state index contributed by atoms with van der Waals surface area (Å²) >= 11 is 0. The van der Waals surface area contributed by atoms with E-state index < -0.39 is 0 Å². The molecule has 3 nitrogen and oxygen atoms in total. The van der Waals surface area contributed by atoms with Gasteiger partial charge in [0, 0.05) is 7.11 Å². The molecule has 0 aromatic carbocycles. The summed E-state index contributed by atoms with van der Waals surface area (Å²) in [5.74, 6) is 0. The monoisotopic (exact) mass is 158 g/mol. The smallest absolute Gasteiger partial charge is 0.293 e. The van der Waals surface area contributed by atoms with Gasteiger partial charge in [-0.3, -0.25) is 4.79 Å². The third-order valence-corrected chi connectivity index (χ3v) is 2.18. The van der Waals surface area contributed by atoms with Crippen molar-refractivity contribution in [1.29, 1.82) is 0 Å². The second-order valence-corrected chi connectivity index (χ2v) is 2.83. The zero-order valence-electron chi connectivity index (χ0n) is 6.79. The molecule has 0 N–H and O–H groups in total. The number of hydrogen-bond acceptors (Lipinski definition) is 3. The van der Waals surface area contributed by atoms with Crippen LogP contribution in [-0.4, -0.2) is 25.8 Å². The van der Waals surface area contributed by atoms with Gasteiger partial charge in [0.1, 0.15) is 6.10 Å². The zero-order valence-corrected chi connectivity index (χ0v) is 6.79. The molecule has 0 aliphatic heterocycles. The Morgan fingerprint density at radius 3 is 2.45 bits per heavy atom. The van der Waals surface area contributed by atoms with E-state index in [4.69, 9.17) is 9.47 Å². The standard InChI is InChI=1S/C8H14O3/c1-10-7-4-2-3-5-8(7)11-6-9/h6-8H,2-5H2,1H3. The highest BCUT2D eigenvalue weighted by Crippen LogP contribution is 2.22. The summed E-state index contributed by atoms with van der Waals surface area (Å²) in [5.41, 5.74) is 0. The second kappa shape index (κ2) is 4.34. The Morgan fingerprint density at radius 1 is 1.27 bits per heavy atom. The Labute approximate surface area is 66.7 Å². The minimum absolute atomic E-state index is 0.00810. The summed E-state index contributed by atoms with van der Waals surface area (Å²) in [4.78, 5) is 10.1. The predicted molar refractivity (Wildman–Crippen MR) is 40.2 cm³/mol. The zero-order chi connectivity index (χ0) is 8.10. The molecule has 1 aliphatic rings. The third-order valence-electron chi connectivity index (χ3n) is 2.18. The van der Waals surface area contributed by atoms with E-state index in [0.717, 1.165) is 19.3 Å². The molecule has 0 bridgehead atoms. The fraction of sp³-hybridized carbons (Fsp3) is 0.875. The summed E-state index contributed by atoms with van der Waals surface area (Å²) in [6, 6.07) is 0. The first-order chi connectivity index (χ1) is 5.38. The lowest BCUT2D eigenvalue weighted by molar-refractivity contribution is -0.143. The van der Waals surface area contributed by atoms with Crippen LogP contribution in [0.15, 0.2) is 0 Å². The van der Waals surface area contributed by atoms with Gasteiger partial charge in [0.15, 0.2) is 0 Å². The molecule has 64 valence electrons. The van der Waals surface area contributed by atoms with Crippen molar-refractivity contribution in [3.63, 3.8) is 0 Å². The van der Waals surface area contributed by atoms with Gasteiger partial charge < -0.3 is 9.47 Å². The van der Waals surface area contributed by atoms with E-state index in [-0.39, 0.29) is 12.2 Å². The quantitative estimate of drug-likeness (QED) is 0.577. The number of methoxy groups -OCH3 is 1. The highest BCUT2D eigenvalue weighted by atomic mass is 16.6. The minimum atomic E-state index is -0.00810. The molecular weight excluding hydrogens is 144 g/mol. The lowest BCUT2D eigenvalue weighted by Gasteiger charge is -2.28. The van der Waals surface area contributed by atoms with Crippen molar-refractivity contribution in [2.45, 2.75) is 37.9 Å². The highest BCUT2D eigenvalue weighted by molar-refractivity contribution is 5.37. The summed E-state index contributed by atoms with van der Waals surface area (Å²) in [5, 5.41) is 0. The van der Waals surface area contributed by atoms with Gasteiger partial charge in [-0.2, -0.15) is 0 Å². The average Bonchev–Trinajstić information content (AvgIpc) is 2.06. The third kappa shape index (κ3) is 2.19. The Kier molecular flexibility index (Phi) is 3.36. The second-order valence-electron chi connectivity index (χ2n) is 2.83. The first kappa shape index (κ1) is 8.53. The fourth-order valence-electron chi connectivity index (χ4n) is 1.56. The fourth-order valence-corrected chi connectivity index (χ4v) is 1.56. The molecule has 0 heterocycles. The van der Waals surface area contributed by atoms with Crippen molar-refractivity contribution >= 4 is 6.47 Å². The molecule has 0 amide bonds. The Morgan fingerprint density at radius 2 is 1.91 bits per heavy atom. The van der Waals surface area contributed by atoms with Crippen LogP contribution in [0.5, 0.6) is 0 Å². The van der Waals surface area contributed by atoms with Crippen molar-refractivity contribution < 1.29 is 14.3 Å². The van der Waals surface area contributed by atoms with Gasteiger partial charge in [0.2, 0.25) is 0 Å². The summed E-state index contributed by atoms with van der Waals surface area (Å²) in [6.45, 7) is 0.516. The average molecular weight is 158 g/mol. The number of carbonyl (C=O) groups is 1. The van der Waals surface area contributed by atoms with E-state index in [0.29, 0.717) is 6.47 Å². The number of hydrogen-bond donors (Lipinski definition) is 0. The maximum Gasteiger partial charge on any atom is 0.293 e. The number of carbonyl (C=O) groups excluding carboxylic acids is 1. The normalized spacial score (nSPS) is 31.4. The summed E-state index contributed by atoms with van der Waals surface area (Å²) in [6.07, 6.45) is 4.38. The molecule has 0 spiro atoms. The molecule has 2 unspecified atom stereocenters. The highest BCUT2D eigenvalue weighted by Gasteiger charge is 2.25. The van der Waals surface area contributed by atoms with Crippen molar-refractivity contribution in [1.82, 2.24) is 0 Å². The van der Waals surface area contributed by atoms with Gasteiger partial charge in [0.05, 0.1) is 6.10 Å². The van der Waals surface area contributed by atoms with E-state index in [1.54, 1.807) is 7.11 Å². The molecule has 3 heteroatoms. The van der Waals surface area contributed by atoms with E-state index in [1.807, 2.05) is 0 Å². The largest absolute Gasteiger partial charge is 0.462 e. The van der Waals surface area contributed by atoms with Crippen LogP contribution in [0.2, 0.25) is 0 Å². The molecule has 1 fully saturated rings. The molecule has 1 rings (SSSR count). The SMILES string of the molecule is COC1CCCCC1OC=O. The van der Waals surface area contributed by atoms with E-state index >= 15 is 0 Å². The van der Waals surface area contributed by atoms with Crippen LogP contribution in [0, 0.1) is 0 Å². The van der Waals surface area contributed by atoms with Crippen molar-refractivity contribution in [2.75, 3.05) is 7.11 Å². The molecule has 0 aromatic heterocycles. The maximum atomic E-state index is 10.1. The summed E-state index contributed by atoms with van der Waals surface area (Å²) < 4.78 is 10.1. The summed E-state index contributed by atoms with van der Waals surface area (Å²) in [7, 11) is 1.66. The lowest BCUT2D eigenvalue weighted by atomic mass is 9.95. The molecular formula is C8H14O3. The molecule has 1 aliphatic carbocycles. The molecule has 2 atom stereocenters. The van der Waals surface area contributed by atoms with E-state index in [9.17, 15) is 4.79 Å². The van der Waals surface area contributed by atoms with Crippen molar-refractivity contribution in [2.24, 2.45) is 0 Å². The Bertz CT molecular complexity index is 125. The Balaban J connectivity index is 2.37. The van der Waals surface area contributed by atoms with Gasteiger partial charge in [-0.25, -0.2) is 0 Å². The van der Waals surface area contributed by atoms with E-state index in [1.165, 1.54) is 6.42 Å². The van der Waals surface area contributed by atoms with Crippen LogP contribution >= 0.6 is 0 Å². The van der Waals surface area contributed by atoms with Crippen LogP contribution in [-0.2, 0) is 14.3 Å². The first-order valence-corrected chi connectivity index (χ1v) is 4.00. The molecule has 0 aromatic rings. The van der Waals surface area contributed by atoms with Gasteiger partial charge in [0.25, 0.3) is 6.47 Å². The number of rotatable bonds is 3. The minimum Gasteiger partial charge on any atom is -0.462 e. The van der Waals surface area contributed by atoms with Crippen LogP contribution in [0.4, 0.5) is 0 Å². The predicted octanol–water partition coefficient (Wildman–Crippen LogP) is 1.12. The van der Waals surface area contributed by atoms with Gasteiger partial charge in [-0.1, -0.05) is 6.42 Å². The van der Waals surface area contributed by atoms with Gasteiger partial charge in [-0.05, 0) is 19.3 Å². The van der Waals surface area contributed by atoms with Crippen LogP contribution in [0.25, 0.3) is 0 Å². The van der Waals surface area contributed by atoms with Crippen molar-refractivity contribution in [3.8, 4) is 0 Å². The number of ether oxygens (including phenoxy) is 2. The molecule has 0 saturated heterocycles. The van der Waals surface area contributed by atoms with Gasteiger partial charge >= 0.3 is 0 Å². The van der Waals surface area contributed by atoms with E-state index in [2.05, 4.69) is 0 Å². The topological polar surface area (TPSA) is 35.5 Å². The van der Waals surface area contributed by atoms with Gasteiger partial charge in [-0.15, -0.1) is 0 Å². The molecule has 11 heavy (non-hydrogen) atoms. The van der Waals surface area contributed by atoms with Crippen LogP contribution in [0.3, 0.4) is 0 Å². The van der Waals surface area contributed by atoms with Crippen LogP contribution < -0.4 is 0 Å². The lowest BCUT2D eigenvalue weighted by Crippen LogP contribution is -2.33. The maximum absolute atomic E-state index is 10.1. The Hall–Kier alpha value is -0.570. The molecule has 1 saturated carbocycles. The van der Waals surface area contributed by atoms with Crippen molar-refractivity contribution in [3.05, 3.63) is 0 Å². The first-order valence-electron chi connectivity index (χ1n) is 4.00. The van der Waals surface area contributed by atoms with Crippen LogP contribution in [0.1, 0.15) is 25.7 Å². The molecule has 0 radical (unpaired) electrons.